The average Bonchev–Trinajstić information content (AvgIpc) is 2.81. The molecule has 1 aliphatic rings. The molecule has 6 heteroatoms. The van der Waals surface area contributed by atoms with Gasteiger partial charge in [-0.1, -0.05) is 54.4 Å². The van der Waals surface area contributed by atoms with E-state index in [4.69, 9.17) is 19.5 Å². The molecule has 196 valence electrons. The number of methoxy groups -OCH3 is 2. The van der Waals surface area contributed by atoms with Crippen molar-refractivity contribution in [2.75, 3.05) is 14.2 Å². The summed E-state index contributed by atoms with van der Waals surface area (Å²) >= 11 is 0. The second-order valence-electron chi connectivity index (χ2n) is 11.7. The van der Waals surface area contributed by atoms with Crippen LogP contribution in [0.15, 0.2) is 34.3 Å². The molecule has 1 saturated carbocycles. The lowest BCUT2D eigenvalue weighted by Gasteiger charge is -2.26. The van der Waals surface area contributed by atoms with E-state index in [0.29, 0.717) is 22.6 Å². The first-order chi connectivity index (χ1) is 16.8. The molecule has 0 unspecified atom stereocenters. The Kier molecular flexibility index (Phi) is 8.37. The van der Waals surface area contributed by atoms with Crippen molar-refractivity contribution in [3.63, 3.8) is 0 Å². The van der Waals surface area contributed by atoms with E-state index >= 15 is 0 Å². The summed E-state index contributed by atoms with van der Waals surface area (Å²) in [5.74, 6) is 1.86. The highest BCUT2D eigenvalue weighted by molar-refractivity contribution is 5.86. The topological polar surface area (TPSA) is 83.6 Å². The predicted octanol–water partition coefficient (Wildman–Crippen LogP) is 6.56. The third-order valence-electron chi connectivity index (χ3n) is 6.82. The Labute approximate surface area is 216 Å². The first-order valence-electron chi connectivity index (χ1n) is 12.7. The maximum Gasteiger partial charge on any atom is 0.128 e. The largest absolute Gasteiger partial charge is 0.507 e. The number of ether oxygens (including phenoxy) is 2. The second-order valence-corrected chi connectivity index (χ2v) is 11.7. The Bertz CT molecular complexity index is 1030. The summed E-state index contributed by atoms with van der Waals surface area (Å²) in [5, 5.41) is 21.9. The molecule has 1 aliphatic carbocycles. The number of phenols is 2. The molecule has 6 nitrogen and oxygen atoms in total. The molecule has 0 saturated heterocycles. The zero-order chi connectivity index (χ0) is 26.7. The van der Waals surface area contributed by atoms with E-state index in [1.165, 1.54) is 0 Å². The number of rotatable bonds is 6. The molecule has 2 aromatic rings. The van der Waals surface area contributed by atoms with Crippen molar-refractivity contribution in [2.45, 2.75) is 90.1 Å². The Balaban J connectivity index is 1.92. The van der Waals surface area contributed by atoms with E-state index in [1.807, 2.05) is 24.3 Å². The lowest BCUT2D eigenvalue weighted by molar-refractivity contribution is 0.389. The highest BCUT2D eigenvalue weighted by Gasteiger charge is 2.26. The number of hydrogen-bond acceptors (Lipinski definition) is 6. The molecule has 2 N–H and O–H groups in total. The molecular weight excluding hydrogens is 452 g/mol. The lowest BCUT2D eigenvalue weighted by Crippen LogP contribution is -2.27. The van der Waals surface area contributed by atoms with Crippen molar-refractivity contribution < 1.29 is 19.7 Å². The first-order valence-corrected chi connectivity index (χ1v) is 12.7. The minimum Gasteiger partial charge on any atom is -0.507 e. The molecule has 0 aromatic heterocycles. The maximum absolute atomic E-state index is 10.9. The van der Waals surface area contributed by atoms with E-state index in [1.54, 1.807) is 26.6 Å². The van der Waals surface area contributed by atoms with Gasteiger partial charge in [0.1, 0.15) is 23.0 Å². The van der Waals surface area contributed by atoms with Gasteiger partial charge in [-0.15, -0.1) is 0 Å². The maximum atomic E-state index is 10.9. The molecule has 0 radical (unpaired) electrons. The van der Waals surface area contributed by atoms with E-state index in [0.717, 1.165) is 36.8 Å². The van der Waals surface area contributed by atoms with Crippen LogP contribution in [-0.4, -0.2) is 48.9 Å². The molecule has 2 aromatic carbocycles. The highest BCUT2D eigenvalue weighted by Crippen LogP contribution is 2.37. The van der Waals surface area contributed by atoms with Gasteiger partial charge in [0, 0.05) is 34.7 Å². The van der Waals surface area contributed by atoms with Crippen LogP contribution in [0.25, 0.3) is 0 Å². The standard InChI is InChI=1S/C30H42N2O4/c1-29(2,3)23-15-21(35-7)13-19(27(23)33)17-31-25-11-9-10-12-26(25)32-18-20-14-22(36-8)16-24(28(20)34)30(4,5)6/h13-18,25-26,33-34H,9-12H2,1-8H3/t25-,26-/m1/s1. The number of aromatic hydroxyl groups is 2. The lowest BCUT2D eigenvalue weighted by atomic mass is 9.85. The van der Waals surface area contributed by atoms with E-state index < -0.39 is 0 Å². The normalized spacial score (nSPS) is 19.2. The average molecular weight is 495 g/mol. The van der Waals surface area contributed by atoms with Gasteiger partial charge < -0.3 is 19.7 Å². The van der Waals surface area contributed by atoms with Gasteiger partial charge in [-0.2, -0.15) is 0 Å². The fraction of sp³-hybridized carbons (Fsp3) is 0.533. The van der Waals surface area contributed by atoms with Gasteiger partial charge in [0.15, 0.2) is 0 Å². The van der Waals surface area contributed by atoms with Gasteiger partial charge in [-0.25, -0.2) is 0 Å². The van der Waals surface area contributed by atoms with Crippen molar-refractivity contribution in [3.8, 4) is 23.0 Å². The zero-order valence-electron chi connectivity index (χ0n) is 23.1. The number of benzene rings is 2. The Hall–Kier alpha value is -3.02. The smallest absolute Gasteiger partial charge is 0.128 e. The molecule has 2 atom stereocenters. The van der Waals surface area contributed by atoms with Crippen LogP contribution in [0, 0.1) is 0 Å². The van der Waals surface area contributed by atoms with Crippen LogP contribution in [0.4, 0.5) is 0 Å². The summed E-state index contributed by atoms with van der Waals surface area (Å²) in [4.78, 5) is 9.76. The van der Waals surface area contributed by atoms with Crippen molar-refractivity contribution in [1.29, 1.82) is 0 Å². The molecular formula is C30H42N2O4. The van der Waals surface area contributed by atoms with Gasteiger partial charge in [-0.3, -0.25) is 9.98 Å². The predicted molar refractivity (Wildman–Crippen MR) is 148 cm³/mol. The summed E-state index contributed by atoms with van der Waals surface area (Å²) < 4.78 is 11.0. The van der Waals surface area contributed by atoms with Crippen molar-refractivity contribution in [1.82, 2.24) is 0 Å². The van der Waals surface area contributed by atoms with Crippen LogP contribution in [0.1, 0.15) is 89.5 Å². The number of nitrogens with zero attached hydrogens (tertiary/aromatic N) is 2. The van der Waals surface area contributed by atoms with Crippen LogP contribution in [-0.2, 0) is 10.8 Å². The van der Waals surface area contributed by atoms with Crippen LogP contribution in [0.5, 0.6) is 23.0 Å². The molecule has 0 aliphatic heterocycles. The molecule has 0 heterocycles. The van der Waals surface area contributed by atoms with E-state index in [9.17, 15) is 10.2 Å². The molecule has 0 spiro atoms. The van der Waals surface area contributed by atoms with Crippen molar-refractivity contribution >= 4 is 12.4 Å². The highest BCUT2D eigenvalue weighted by atomic mass is 16.5. The Morgan fingerprint density at radius 2 is 1.06 bits per heavy atom. The number of phenolic OH excluding ortho intramolecular Hbond substituents is 2. The second kappa shape index (κ2) is 10.9. The van der Waals surface area contributed by atoms with Gasteiger partial charge in [0.25, 0.3) is 0 Å². The minimum absolute atomic E-state index is 0.00600. The van der Waals surface area contributed by atoms with Gasteiger partial charge in [-0.05, 0) is 47.9 Å². The summed E-state index contributed by atoms with van der Waals surface area (Å²) in [6, 6.07) is 7.39. The number of hydrogen-bond donors (Lipinski definition) is 2. The minimum atomic E-state index is -0.233. The third kappa shape index (κ3) is 6.40. The molecule has 1 fully saturated rings. The molecule has 3 rings (SSSR count). The fourth-order valence-corrected chi connectivity index (χ4v) is 4.63. The molecule has 0 bridgehead atoms. The van der Waals surface area contributed by atoms with Crippen LogP contribution < -0.4 is 9.47 Å². The Morgan fingerprint density at radius 3 is 1.36 bits per heavy atom. The first kappa shape index (κ1) is 27.6. The summed E-state index contributed by atoms with van der Waals surface area (Å²) in [5.41, 5.74) is 2.47. The summed E-state index contributed by atoms with van der Waals surface area (Å²) in [6.45, 7) is 12.4. The van der Waals surface area contributed by atoms with Gasteiger partial charge in [0.2, 0.25) is 0 Å². The van der Waals surface area contributed by atoms with Gasteiger partial charge in [0.05, 0.1) is 26.3 Å². The zero-order valence-corrected chi connectivity index (χ0v) is 23.1. The van der Waals surface area contributed by atoms with Crippen LogP contribution >= 0.6 is 0 Å². The summed E-state index contributed by atoms with van der Waals surface area (Å²) in [7, 11) is 3.26. The molecule has 36 heavy (non-hydrogen) atoms. The van der Waals surface area contributed by atoms with E-state index in [2.05, 4.69) is 41.5 Å². The Morgan fingerprint density at radius 1 is 0.694 bits per heavy atom. The number of aliphatic imine (C=N–C) groups is 2. The quantitative estimate of drug-likeness (QED) is 0.446. The summed E-state index contributed by atoms with van der Waals surface area (Å²) in [6.07, 6.45) is 7.53. The SMILES string of the molecule is COc1cc(C=N[C@@H]2CCCC[C@H]2N=Cc2cc(OC)cc(C(C)(C)C)c2O)c(O)c(C(C)(C)C)c1. The molecule has 0 amide bonds. The monoisotopic (exact) mass is 494 g/mol. The van der Waals surface area contributed by atoms with Crippen molar-refractivity contribution in [3.05, 3.63) is 46.5 Å². The van der Waals surface area contributed by atoms with Crippen molar-refractivity contribution in [2.24, 2.45) is 9.98 Å². The third-order valence-corrected chi connectivity index (χ3v) is 6.82. The van der Waals surface area contributed by atoms with Crippen LogP contribution in [0.3, 0.4) is 0 Å². The van der Waals surface area contributed by atoms with Gasteiger partial charge >= 0.3 is 0 Å². The van der Waals surface area contributed by atoms with Crippen LogP contribution in [0.2, 0.25) is 0 Å². The van der Waals surface area contributed by atoms with E-state index in [-0.39, 0.29) is 34.4 Å². The fourth-order valence-electron chi connectivity index (χ4n) is 4.63.